The average molecular weight is 545 g/mol. The van der Waals surface area contributed by atoms with E-state index in [2.05, 4.69) is 25.2 Å². The molecule has 1 atom stereocenters. The van der Waals surface area contributed by atoms with E-state index in [0.717, 1.165) is 69.2 Å². The number of nitrogen functional groups attached to an aromatic ring is 1. The van der Waals surface area contributed by atoms with Crippen LogP contribution in [0.4, 0.5) is 5.69 Å². The molecule has 0 bridgehead atoms. The van der Waals surface area contributed by atoms with E-state index in [-0.39, 0.29) is 30.8 Å². The summed E-state index contributed by atoms with van der Waals surface area (Å²) in [4.78, 5) is 28.0. The number of amides is 1. The third-order valence-electron chi connectivity index (χ3n) is 6.74. The second-order valence-electron chi connectivity index (χ2n) is 9.45. The Morgan fingerprint density at radius 2 is 1.74 bits per heavy atom. The van der Waals surface area contributed by atoms with Gasteiger partial charge in [-0.25, -0.2) is 4.79 Å². The summed E-state index contributed by atoms with van der Waals surface area (Å²) in [6.45, 7) is 5.61. The van der Waals surface area contributed by atoms with Gasteiger partial charge in [-0.05, 0) is 67.1 Å². The van der Waals surface area contributed by atoms with Crippen molar-refractivity contribution in [2.75, 3.05) is 32.1 Å². The van der Waals surface area contributed by atoms with Gasteiger partial charge in [-0.1, -0.05) is 39.2 Å². The highest BCUT2D eigenvalue weighted by Crippen LogP contribution is 2.35. The predicted molar refractivity (Wildman–Crippen MR) is 153 cm³/mol. The number of rotatable bonds is 11. The summed E-state index contributed by atoms with van der Waals surface area (Å²) < 4.78 is 11.4. The van der Waals surface area contributed by atoms with Crippen LogP contribution in [0.5, 0.6) is 5.75 Å². The van der Waals surface area contributed by atoms with Crippen LogP contribution in [0.3, 0.4) is 0 Å². The van der Waals surface area contributed by atoms with E-state index in [1.807, 2.05) is 11.0 Å². The van der Waals surface area contributed by atoms with Crippen molar-refractivity contribution in [3.05, 3.63) is 58.7 Å². The maximum absolute atomic E-state index is 13.1. The molecule has 2 aromatic rings. The molecule has 1 amide bonds. The van der Waals surface area contributed by atoms with Crippen LogP contribution in [0.1, 0.15) is 74.2 Å². The largest absolute Gasteiger partial charge is 0.483 e. The van der Waals surface area contributed by atoms with Crippen molar-refractivity contribution in [2.45, 2.75) is 64.8 Å². The lowest BCUT2D eigenvalue weighted by Crippen LogP contribution is -2.36. The molecule has 38 heavy (non-hydrogen) atoms. The summed E-state index contributed by atoms with van der Waals surface area (Å²) in [6, 6.07) is 10.2. The molecule has 2 aromatic carbocycles. The Kier molecular flexibility index (Phi) is 12.4. The van der Waals surface area contributed by atoms with Crippen molar-refractivity contribution in [3.8, 4) is 5.75 Å². The summed E-state index contributed by atoms with van der Waals surface area (Å²) in [5, 5.41) is 10.9. The number of carbonyl (C=O) groups excluding carboxylic acids is 2. The van der Waals surface area contributed by atoms with E-state index >= 15 is 0 Å². The number of amidine groups is 1. The SMILES string of the molecule is CCCc1cc(CC)cc(C(Nc2ccc(C(=N)N)cc2)C(=O)OC)c1OCC(=O)N1CCCCCC1.Cl. The normalized spacial score (nSPS) is 14.0. The molecule has 1 aliphatic rings. The number of aryl methyl sites for hydroxylation is 2. The molecule has 1 heterocycles. The topological polar surface area (TPSA) is 118 Å². The number of hydrogen-bond donors (Lipinski definition) is 3. The van der Waals surface area contributed by atoms with Crippen LogP contribution < -0.4 is 15.8 Å². The molecule has 4 N–H and O–H groups in total. The molecule has 1 fully saturated rings. The fraction of sp³-hybridized carbons (Fsp3) is 0.483. The number of hydrogen-bond acceptors (Lipinski definition) is 6. The zero-order valence-electron chi connectivity index (χ0n) is 22.7. The third-order valence-corrected chi connectivity index (χ3v) is 6.74. The Morgan fingerprint density at radius 1 is 1.08 bits per heavy atom. The Bertz CT molecular complexity index is 1080. The van der Waals surface area contributed by atoms with E-state index < -0.39 is 12.0 Å². The highest BCUT2D eigenvalue weighted by atomic mass is 35.5. The molecule has 0 aromatic heterocycles. The van der Waals surface area contributed by atoms with E-state index in [0.29, 0.717) is 22.6 Å². The van der Waals surface area contributed by atoms with E-state index in [9.17, 15) is 9.59 Å². The van der Waals surface area contributed by atoms with E-state index in [1.165, 1.54) is 7.11 Å². The number of halogens is 1. The van der Waals surface area contributed by atoms with Crippen molar-refractivity contribution >= 4 is 35.8 Å². The Hall–Kier alpha value is -3.26. The summed E-state index contributed by atoms with van der Waals surface area (Å²) in [7, 11) is 1.36. The first-order valence-electron chi connectivity index (χ1n) is 13.2. The van der Waals surface area contributed by atoms with Crippen LogP contribution in [0.25, 0.3) is 0 Å². The molecule has 0 spiro atoms. The number of esters is 1. The molecule has 1 aliphatic heterocycles. The molecule has 9 heteroatoms. The first kappa shape index (κ1) is 31.0. The number of nitrogens with two attached hydrogens (primary N) is 1. The number of methoxy groups -OCH3 is 1. The Morgan fingerprint density at radius 3 is 2.29 bits per heavy atom. The Labute approximate surface area is 232 Å². The summed E-state index contributed by atoms with van der Waals surface area (Å²) >= 11 is 0. The van der Waals surface area contributed by atoms with Gasteiger partial charge in [0.05, 0.1) is 7.11 Å². The minimum Gasteiger partial charge on any atom is -0.483 e. The van der Waals surface area contributed by atoms with E-state index in [4.69, 9.17) is 20.6 Å². The second-order valence-corrected chi connectivity index (χ2v) is 9.45. The number of anilines is 1. The highest BCUT2D eigenvalue weighted by Gasteiger charge is 2.28. The van der Waals surface area contributed by atoms with Crippen LogP contribution in [0.15, 0.2) is 36.4 Å². The maximum Gasteiger partial charge on any atom is 0.333 e. The number of ether oxygens (including phenoxy) is 2. The third kappa shape index (κ3) is 8.12. The van der Waals surface area contributed by atoms with Gasteiger partial charge in [0.2, 0.25) is 0 Å². The molecular weight excluding hydrogens is 504 g/mol. The molecule has 0 radical (unpaired) electrons. The second kappa shape index (κ2) is 15.2. The first-order chi connectivity index (χ1) is 17.9. The van der Waals surface area contributed by atoms with Crippen LogP contribution in [0.2, 0.25) is 0 Å². The lowest BCUT2D eigenvalue weighted by atomic mass is 9.95. The first-order valence-corrected chi connectivity index (χ1v) is 13.2. The molecule has 208 valence electrons. The van der Waals surface area contributed by atoms with Crippen LogP contribution in [0, 0.1) is 5.41 Å². The summed E-state index contributed by atoms with van der Waals surface area (Å²) in [5.74, 6) is 0.0402. The minimum atomic E-state index is -0.849. The van der Waals surface area contributed by atoms with Gasteiger partial charge < -0.3 is 25.4 Å². The monoisotopic (exact) mass is 544 g/mol. The van der Waals surface area contributed by atoms with Gasteiger partial charge >= 0.3 is 5.97 Å². The van der Waals surface area contributed by atoms with Crippen LogP contribution in [-0.4, -0.2) is 49.4 Å². The quantitative estimate of drug-likeness (QED) is 0.208. The molecule has 0 aliphatic carbocycles. The molecule has 8 nitrogen and oxygen atoms in total. The van der Waals surface area contributed by atoms with Gasteiger partial charge in [0.25, 0.3) is 5.91 Å². The number of nitrogens with zero attached hydrogens (tertiary/aromatic N) is 1. The van der Waals surface area contributed by atoms with Gasteiger partial charge in [0.15, 0.2) is 12.6 Å². The van der Waals surface area contributed by atoms with Gasteiger partial charge in [0.1, 0.15) is 11.6 Å². The lowest BCUT2D eigenvalue weighted by molar-refractivity contribution is -0.141. The van der Waals surface area contributed by atoms with Crippen molar-refractivity contribution in [1.82, 2.24) is 4.90 Å². The van der Waals surface area contributed by atoms with Crippen LogP contribution >= 0.6 is 12.4 Å². The molecule has 3 rings (SSSR count). The van der Waals surface area contributed by atoms with Gasteiger partial charge in [-0.15, -0.1) is 12.4 Å². The smallest absolute Gasteiger partial charge is 0.333 e. The van der Waals surface area contributed by atoms with Gasteiger partial charge in [-0.3, -0.25) is 10.2 Å². The van der Waals surface area contributed by atoms with Crippen molar-refractivity contribution in [3.63, 3.8) is 0 Å². The minimum absolute atomic E-state index is 0. The predicted octanol–water partition coefficient (Wildman–Crippen LogP) is 5.01. The fourth-order valence-corrected chi connectivity index (χ4v) is 4.67. The number of likely N-dealkylation sites (tertiary alicyclic amines) is 1. The molecule has 1 unspecified atom stereocenters. The van der Waals surface area contributed by atoms with Crippen molar-refractivity contribution in [1.29, 1.82) is 5.41 Å². The van der Waals surface area contributed by atoms with Crippen LogP contribution in [-0.2, 0) is 27.2 Å². The molecule has 0 saturated carbocycles. The standard InChI is InChI=1S/C29H40N4O4.ClH/c1-4-10-22-17-20(5-2)18-24(27(22)37-19-25(34)33-15-8-6-7-9-16-33)26(29(35)36-3)32-23-13-11-21(12-14-23)28(30)31;/h11-14,17-18,26,32H,4-10,15-16,19H2,1-3H3,(H3,30,31);1H. The zero-order chi connectivity index (χ0) is 26.8. The van der Waals surface area contributed by atoms with Gasteiger partial charge in [0, 0.05) is 29.9 Å². The lowest BCUT2D eigenvalue weighted by Gasteiger charge is -2.25. The van der Waals surface area contributed by atoms with Crippen molar-refractivity contribution < 1.29 is 19.1 Å². The fourth-order valence-electron chi connectivity index (χ4n) is 4.67. The number of nitrogens with one attached hydrogen (secondary N) is 2. The summed E-state index contributed by atoms with van der Waals surface area (Å²) in [6.07, 6.45) is 6.76. The number of benzene rings is 2. The zero-order valence-corrected chi connectivity index (χ0v) is 23.5. The summed E-state index contributed by atoms with van der Waals surface area (Å²) in [5.41, 5.74) is 9.55. The Balaban J connectivity index is 0.00000507. The average Bonchev–Trinajstić information content (AvgIpc) is 3.20. The maximum atomic E-state index is 13.1. The number of carbonyl (C=O) groups is 2. The molecule has 1 saturated heterocycles. The highest BCUT2D eigenvalue weighted by molar-refractivity contribution is 5.95. The van der Waals surface area contributed by atoms with E-state index in [1.54, 1.807) is 24.3 Å². The van der Waals surface area contributed by atoms with Gasteiger partial charge in [-0.2, -0.15) is 0 Å². The molecular formula is C29H41ClN4O4. The van der Waals surface area contributed by atoms with Crippen molar-refractivity contribution in [2.24, 2.45) is 5.73 Å².